The van der Waals surface area contributed by atoms with E-state index in [0.29, 0.717) is 0 Å². The van der Waals surface area contributed by atoms with Crippen LogP contribution in [0.4, 0.5) is 0 Å². The van der Waals surface area contributed by atoms with Crippen molar-refractivity contribution in [1.29, 1.82) is 0 Å². The molecule has 0 aromatic carbocycles. The quantitative estimate of drug-likeness (QED) is 0.262. The second-order valence-corrected chi connectivity index (χ2v) is 5.63. The predicted octanol–water partition coefficient (Wildman–Crippen LogP) is 6.90. The Morgan fingerprint density at radius 3 is 1.89 bits per heavy atom. The van der Waals surface area contributed by atoms with Crippen LogP contribution in [0.5, 0.6) is 0 Å². The second kappa shape index (κ2) is 13.2. The van der Waals surface area contributed by atoms with Crippen molar-refractivity contribution < 1.29 is 0 Å². The van der Waals surface area contributed by atoms with E-state index in [1.165, 1.54) is 70.6 Å². The van der Waals surface area contributed by atoms with E-state index in [2.05, 4.69) is 33.8 Å². The van der Waals surface area contributed by atoms with Gasteiger partial charge in [-0.3, -0.25) is 0 Å². The first kappa shape index (κ1) is 17.7. The van der Waals surface area contributed by atoms with E-state index >= 15 is 0 Å². The molecule has 0 saturated heterocycles. The molecule has 0 atom stereocenters. The van der Waals surface area contributed by atoms with Crippen molar-refractivity contribution in [3.05, 3.63) is 11.6 Å². The van der Waals surface area contributed by atoms with Crippen molar-refractivity contribution in [1.82, 2.24) is 0 Å². The third kappa shape index (κ3) is 8.78. The number of hydrogen-bond donors (Lipinski definition) is 0. The number of rotatable bonds is 12. The predicted molar refractivity (Wildman–Crippen MR) is 85.1 cm³/mol. The largest absolute Gasteiger partial charge is 0.0853 e. The van der Waals surface area contributed by atoms with Gasteiger partial charge in [-0.1, -0.05) is 77.9 Å². The molecule has 0 fully saturated rings. The summed E-state index contributed by atoms with van der Waals surface area (Å²) in [6.07, 6.45) is 17.6. The summed E-state index contributed by atoms with van der Waals surface area (Å²) in [5, 5.41) is 0. The third-order valence-electron chi connectivity index (χ3n) is 3.83. The highest BCUT2D eigenvalue weighted by molar-refractivity contribution is 5.06. The molecule has 0 unspecified atom stereocenters. The van der Waals surface area contributed by atoms with Gasteiger partial charge >= 0.3 is 0 Å². The first-order valence-corrected chi connectivity index (χ1v) is 8.48. The Morgan fingerprint density at radius 2 is 1.39 bits per heavy atom. The zero-order valence-electron chi connectivity index (χ0n) is 13.4. The minimum atomic E-state index is 0.881. The molecule has 0 bridgehead atoms. The molecule has 0 nitrogen and oxygen atoms in total. The summed E-state index contributed by atoms with van der Waals surface area (Å²) in [5.74, 6) is 0.881. The molecule has 108 valence electrons. The van der Waals surface area contributed by atoms with Gasteiger partial charge in [0.2, 0.25) is 0 Å². The molecule has 0 aromatic heterocycles. The van der Waals surface area contributed by atoms with Gasteiger partial charge in [0.1, 0.15) is 0 Å². The first-order valence-electron chi connectivity index (χ1n) is 8.48. The van der Waals surface area contributed by atoms with Gasteiger partial charge in [0.25, 0.3) is 0 Å². The first-order chi connectivity index (χ1) is 8.79. The highest BCUT2D eigenvalue weighted by atomic mass is 14.2. The fraction of sp³-hybridized carbons (Fsp3) is 0.889. The van der Waals surface area contributed by atoms with E-state index < -0.39 is 0 Å². The van der Waals surface area contributed by atoms with Gasteiger partial charge in [-0.2, -0.15) is 0 Å². The van der Waals surface area contributed by atoms with Crippen molar-refractivity contribution in [3.63, 3.8) is 0 Å². The van der Waals surface area contributed by atoms with E-state index in [1.54, 1.807) is 5.57 Å². The standard InChI is InChI=1S/C18H36/c1-5-9-10-11-12-16-18(15-8-4)17(13-6-2)14-7-3/h15,17H,5-14,16H2,1-4H3. The fourth-order valence-electron chi connectivity index (χ4n) is 2.88. The zero-order chi connectivity index (χ0) is 13.6. The molecule has 0 aliphatic carbocycles. The highest BCUT2D eigenvalue weighted by Crippen LogP contribution is 2.27. The summed E-state index contributed by atoms with van der Waals surface area (Å²) in [6, 6.07) is 0. The van der Waals surface area contributed by atoms with Crippen LogP contribution in [0, 0.1) is 5.92 Å². The molecule has 0 spiro atoms. The molecular weight excluding hydrogens is 216 g/mol. The van der Waals surface area contributed by atoms with Crippen LogP contribution in [0.2, 0.25) is 0 Å². The molecule has 0 amide bonds. The maximum atomic E-state index is 2.52. The van der Waals surface area contributed by atoms with E-state index in [4.69, 9.17) is 0 Å². The Balaban J connectivity index is 4.13. The van der Waals surface area contributed by atoms with Crippen LogP contribution in [-0.2, 0) is 0 Å². The van der Waals surface area contributed by atoms with Gasteiger partial charge in [0.05, 0.1) is 0 Å². The molecule has 0 rings (SSSR count). The lowest BCUT2D eigenvalue weighted by atomic mass is 9.86. The van der Waals surface area contributed by atoms with Crippen molar-refractivity contribution in [3.8, 4) is 0 Å². The van der Waals surface area contributed by atoms with Crippen LogP contribution in [0.15, 0.2) is 11.6 Å². The van der Waals surface area contributed by atoms with Crippen molar-refractivity contribution in [2.75, 3.05) is 0 Å². The van der Waals surface area contributed by atoms with Crippen molar-refractivity contribution >= 4 is 0 Å². The maximum Gasteiger partial charge on any atom is -0.0203 e. The summed E-state index contributed by atoms with van der Waals surface area (Å²) in [4.78, 5) is 0. The van der Waals surface area contributed by atoms with Crippen LogP contribution < -0.4 is 0 Å². The normalized spacial score (nSPS) is 12.4. The summed E-state index contributed by atoms with van der Waals surface area (Å²) < 4.78 is 0. The fourth-order valence-corrected chi connectivity index (χ4v) is 2.88. The molecule has 0 aromatic rings. The van der Waals surface area contributed by atoms with Gasteiger partial charge in [-0.25, -0.2) is 0 Å². The molecule has 0 saturated carbocycles. The Hall–Kier alpha value is -0.260. The van der Waals surface area contributed by atoms with Gasteiger partial charge < -0.3 is 0 Å². The third-order valence-corrected chi connectivity index (χ3v) is 3.83. The Bertz CT molecular complexity index is 184. The molecule has 0 aliphatic rings. The number of unbranched alkanes of at least 4 members (excludes halogenated alkanes) is 4. The van der Waals surface area contributed by atoms with E-state index in [-0.39, 0.29) is 0 Å². The number of allylic oxidation sites excluding steroid dienone is 2. The Labute approximate surface area is 116 Å². The van der Waals surface area contributed by atoms with Crippen LogP contribution >= 0.6 is 0 Å². The minimum absolute atomic E-state index is 0.881. The molecule has 18 heavy (non-hydrogen) atoms. The van der Waals surface area contributed by atoms with E-state index in [1.807, 2.05) is 0 Å². The van der Waals surface area contributed by atoms with Crippen molar-refractivity contribution in [2.45, 2.75) is 98.3 Å². The average Bonchev–Trinajstić information content (AvgIpc) is 2.37. The lowest BCUT2D eigenvalue weighted by Crippen LogP contribution is -2.04. The van der Waals surface area contributed by atoms with Crippen LogP contribution in [0.3, 0.4) is 0 Å². The average molecular weight is 252 g/mol. The molecule has 0 N–H and O–H groups in total. The SMILES string of the molecule is CCC=C(CCCCCCC)C(CCC)CCC. The van der Waals surface area contributed by atoms with Gasteiger partial charge in [0.15, 0.2) is 0 Å². The van der Waals surface area contributed by atoms with Crippen LogP contribution in [-0.4, -0.2) is 0 Å². The zero-order valence-corrected chi connectivity index (χ0v) is 13.4. The van der Waals surface area contributed by atoms with E-state index in [9.17, 15) is 0 Å². The maximum absolute atomic E-state index is 2.52. The lowest BCUT2D eigenvalue weighted by Gasteiger charge is -2.20. The molecule has 0 heteroatoms. The topological polar surface area (TPSA) is 0 Å². The van der Waals surface area contributed by atoms with Gasteiger partial charge in [-0.05, 0) is 38.0 Å². The monoisotopic (exact) mass is 252 g/mol. The van der Waals surface area contributed by atoms with Crippen LogP contribution in [0.1, 0.15) is 98.3 Å². The molecule has 0 aliphatic heterocycles. The second-order valence-electron chi connectivity index (χ2n) is 5.63. The smallest absolute Gasteiger partial charge is 0.0203 e. The molecule has 0 heterocycles. The minimum Gasteiger partial charge on any atom is -0.0853 e. The highest BCUT2D eigenvalue weighted by Gasteiger charge is 2.11. The Morgan fingerprint density at radius 1 is 0.778 bits per heavy atom. The van der Waals surface area contributed by atoms with Gasteiger partial charge in [0, 0.05) is 0 Å². The summed E-state index contributed by atoms with van der Waals surface area (Å²) in [7, 11) is 0. The number of hydrogen-bond acceptors (Lipinski definition) is 0. The Kier molecular flexibility index (Phi) is 13.0. The lowest BCUT2D eigenvalue weighted by molar-refractivity contribution is 0.478. The molecular formula is C18H36. The van der Waals surface area contributed by atoms with E-state index in [0.717, 1.165) is 5.92 Å². The van der Waals surface area contributed by atoms with Crippen molar-refractivity contribution in [2.24, 2.45) is 5.92 Å². The van der Waals surface area contributed by atoms with Gasteiger partial charge in [-0.15, -0.1) is 0 Å². The summed E-state index contributed by atoms with van der Waals surface area (Å²) in [5.41, 5.74) is 1.78. The summed E-state index contributed by atoms with van der Waals surface area (Å²) in [6.45, 7) is 9.23. The van der Waals surface area contributed by atoms with Crippen LogP contribution in [0.25, 0.3) is 0 Å². The summed E-state index contributed by atoms with van der Waals surface area (Å²) >= 11 is 0. The molecule has 0 radical (unpaired) electrons.